The molecule has 1 aromatic carbocycles. The number of aliphatic carboxylic acids is 1. The maximum atomic E-state index is 11.5. The smallest absolute Gasteiger partial charge is 0.311 e. The van der Waals surface area contributed by atoms with Crippen LogP contribution in [0.25, 0.3) is 0 Å². The summed E-state index contributed by atoms with van der Waals surface area (Å²) in [5, 5.41) is 9.46. The van der Waals surface area contributed by atoms with E-state index in [1.807, 2.05) is 11.6 Å². The van der Waals surface area contributed by atoms with Crippen molar-refractivity contribution in [2.45, 2.75) is 12.3 Å². The van der Waals surface area contributed by atoms with Gasteiger partial charge in [0.1, 0.15) is 0 Å². The molecule has 3 rings (SSSR count). The van der Waals surface area contributed by atoms with Crippen molar-refractivity contribution in [1.29, 1.82) is 0 Å². The van der Waals surface area contributed by atoms with Gasteiger partial charge in [-0.05, 0) is 17.7 Å². The second-order valence-electron chi connectivity index (χ2n) is 4.70. The van der Waals surface area contributed by atoms with Crippen molar-refractivity contribution in [3.63, 3.8) is 0 Å². The lowest BCUT2D eigenvalue weighted by atomic mass is 9.94. The van der Waals surface area contributed by atoms with E-state index in [2.05, 4.69) is 4.98 Å². The van der Waals surface area contributed by atoms with Gasteiger partial charge < -0.3 is 19.1 Å². The van der Waals surface area contributed by atoms with Gasteiger partial charge in [0, 0.05) is 25.4 Å². The first-order chi connectivity index (χ1) is 9.65. The van der Waals surface area contributed by atoms with Gasteiger partial charge in [-0.3, -0.25) is 4.79 Å². The Kier molecular flexibility index (Phi) is 3.06. The number of aryl methyl sites for hydroxylation is 1. The standard InChI is InChI=1S/C14H14N2O4/c1-16-7-15-6-10(16)5-11(14(17)18)9-2-3-12-13(4-9)20-8-19-12/h2-4,6-7,11H,5,8H2,1H3,(H,17,18). The minimum absolute atomic E-state index is 0.179. The van der Waals surface area contributed by atoms with Crippen molar-refractivity contribution in [3.8, 4) is 11.5 Å². The topological polar surface area (TPSA) is 73.6 Å². The summed E-state index contributed by atoms with van der Waals surface area (Å²) in [7, 11) is 1.85. The van der Waals surface area contributed by atoms with Crippen molar-refractivity contribution in [1.82, 2.24) is 9.55 Å². The van der Waals surface area contributed by atoms with Gasteiger partial charge in [0.15, 0.2) is 11.5 Å². The van der Waals surface area contributed by atoms with Gasteiger partial charge in [0.25, 0.3) is 0 Å². The summed E-state index contributed by atoms with van der Waals surface area (Å²) in [5.41, 5.74) is 1.57. The number of carboxylic acid groups (broad SMARTS) is 1. The maximum absolute atomic E-state index is 11.5. The fourth-order valence-corrected chi connectivity index (χ4v) is 2.27. The van der Waals surface area contributed by atoms with E-state index in [0.717, 1.165) is 5.69 Å². The van der Waals surface area contributed by atoms with Crippen LogP contribution in [0, 0.1) is 0 Å². The molecule has 20 heavy (non-hydrogen) atoms. The third-order valence-electron chi connectivity index (χ3n) is 3.43. The SMILES string of the molecule is Cn1cncc1CC(C(=O)O)c1ccc2c(c1)OCO2. The second-order valence-corrected chi connectivity index (χ2v) is 4.70. The van der Waals surface area contributed by atoms with Crippen LogP contribution >= 0.6 is 0 Å². The summed E-state index contributed by atoms with van der Waals surface area (Å²) in [6, 6.07) is 5.25. The van der Waals surface area contributed by atoms with Gasteiger partial charge >= 0.3 is 5.97 Å². The van der Waals surface area contributed by atoms with Gasteiger partial charge in [0.05, 0.1) is 12.2 Å². The quantitative estimate of drug-likeness (QED) is 0.915. The predicted octanol–water partition coefficient (Wildman–Crippen LogP) is 1.56. The molecule has 1 aliphatic rings. The number of hydrogen-bond acceptors (Lipinski definition) is 4. The molecule has 0 saturated carbocycles. The molecule has 1 N–H and O–H groups in total. The van der Waals surface area contributed by atoms with E-state index in [9.17, 15) is 9.90 Å². The Balaban J connectivity index is 1.91. The molecule has 0 radical (unpaired) electrons. The zero-order valence-corrected chi connectivity index (χ0v) is 10.9. The first kappa shape index (κ1) is 12.5. The highest BCUT2D eigenvalue weighted by Crippen LogP contribution is 2.35. The van der Waals surface area contributed by atoms with Crippen LogP contribution in [0.5, 0.6) is 11.5 Å². The van der Waals surface area contributed by atoms with Crippen LogP contribution < -0.4 is 9.47 Å². The van der Waals surface area contributed by atoms with E-state index in [1.54, 1.807) is 30.7 Å². The third kappa shape index (κ3) is 2.20. The monoisotopic (exact) mass is 274 g/mol. The molecule has 6 heteroatoms. The number of nitrogens with zero attached hydrogens (tertiary/aromatic N) is 2. The molecule has 0 spiro atoms. The van der Waals surface area contributed by atoms with Crippen LogP contribution in [0.3, 0.4) is 0 Å². The Morgan fingerprint density at radius 2 is 2.25 bits per heavy atom. The minimum Gasteiger partial charge on any atom is -0.481 e. The first-order valence-corrected chi connectivity index (χ1v) is 6.22. The Bertz CT molecular complexity index is 650. The summed E-state index contributed by atoms with van der Waals surface area (Å²) in [4.78, 5) is 15.5. The van der Waals surface area contributed by atoms with E-state index < -0.39 is 11.9 Å². The molecule has 6 nitrogen and oxygen atoms in total. The van der Waals surface area contributed by atoms with Gasteiger partial charge in [-0.2, -0.15) is 0 Å². The second kappa shape index (κ2) is 4.88. The molecule has 2 heterocycles. The van der Waals surface area contributed by atoms with Crippen LogP contribution in [-0.4, -0.2) is 27.4 Å². The number of ether oxygens (including phenoxy) is 2. The first-order valence-electron chi connectivity index (χ1n) is 6.22. The molecule has 1 aromatic heterocycles. The Morgan fingerprint density at radius 3 is 2.95 bits per heavy atom. The minimum atomic E-state index is -0.870. The summed E-state index contributed by atoms with van der Waals surface area (Å²) in [6.07, 6.45) is 3.72. The highest BCUT2D eigenvalue weighted by molar-refractivity contribution is 5.77. The van der Waals surface area contributed by atoms with Crippen LogP contribution in [0.1, 0.15) is 17.2 Å². The van der Waals surface area contributed by atoms with Gasteiger partial charge in [-0.1, -0.05) is 6.07 Å². The van der Waals surface area contributed by atoms with Gasteiger partial charge in [-0.15, -0.1) is 0 Å². The summed E-state index contributed by atoms with van der Waals surface area (Å²) in [6.45, 7) is 0.179. The average molecular weight is 274 g/mol. The molecule has 2 aromatic rings. The van der Waals surface area contributed by atoms with E-state index in [4.69, 9.17) is 9.47 Å². The highest BCUT2D eigenvalue weighted by atomic mass is 16.7. The zero-order chi connectivity index (χ0) is 14.1. The number of hydrogen-bond donors (Lipinski definition) is 1. The molecule has 0 saturated heterocycles. The Labute approximate surface area is 115 Å². The molecule has 0 fully saturated rings. The number of carboxylic acids is 1. The number of benzene rings is 1. The summed E-state index contributed by atoms with van der Waals surface area (Å²) < 4.78 is 12.4. The Morgan fingerprint density at radius 1 is 1.45 bits per heavy atom. The molecule has 1 aliphatic heterocycles. The summed E-state index contributed by atoms with van der Waals surface area (Å²) >= 11 is 0. The lowest BCUT2D eigenvalue weighted by Gasteiger charge is -2.13. The lowest BCUT2D eigenvalue weighted by molar-refractivity contribution is -0.138. The zero-order valence-electron chi connectivity index (χ0n) is 10.9. The van der Waals surface area contributed by atoms with Crippen LogP contribution in [0.15, 0.2) is 30.7 Å². The molecule has 1 atom stereocenters. The van der Waals surface area contributed by atoms with E-state index >= 15 is 0 Å². The van der Waals surface area contributed by atoms with Crippen molar-refractivity contribution >= 4 is 5.97 Å². The van der Waals surface area contributed by atoms with Gasteiger partial charge in [-0.25, -0.2) is 4.98 Å². The third-order valence-corrected chi connectivity index (χ3v) is 3.43. The number of imidazole rings is 1. The van der Waals surface area contributed by atoms with Crippen molar-refractivity contribution < 1.29 is 19.4 Å². The number of rotatable bonds is 4. The number of carbonyl (C=O) groups is 1. The highest BCUT2D eigenvalue weighted by Gasteiger charge is 2.24. The lowest BCUT2D eigenvalue weighted by Crippen LogP contribution is -2.15. The fourth-order valence-electron chi connectivity index (χ4n) is 2.27. The number of fused-ring (bicyclic) bond motifs is 1. The van der Waals surface area contributed by atoms with Crippen molar-refractivity contribution in [2.75, 3.05) is 6.79 Å². The molecule has 104 valence electrons. The van der Waals surface area contributed by atoms with Crippen molar-refractivity contribution in [3.05, 3.63) is 42.0 Å². The van der Waals surface area contributed by atoms with E-state index in [0.29, 0.717) is 23.5 Å². The fraction of sp³-hybridized carbons (Fsp3) is 0.286. The molecule has 0 bridgehead atoms. The Hall–Kier alpha value is -2.50. The largest absolute Gasteiger partial charge is 0.481 e. The predicted molar refractivity (Wildman–Crippen MR) is 69.9 cm³/mol. The maximum Gasteiger partial charge on any atom is 0.311 e. The normalized spacial score (nSPS) is 14.2. The van der Waals surface area contributed by atoms with E-state index in [1.165, 1.54) is 0 Å². The average Bonchev–Trinajstić information content (AvgIpc) is 3.03. The number of aromatic nitrogens is 2. The molecular formula is C14H14N2O4. The molecule has 0 aliphatic carbocycles. The van der Waals surface area contributed by atoms with Gasteiger partial charge in [0.2, 0.25) is 6.79 Å². The van der Waals surface area contributed by atoms with Crippen molar-refractivity contribution in [2.24, 2.45) is 7.05 Å². The molecule has 1 unspecified atom stereocenters. The van der Waals surface area contributed by atoms with E-state index in [-0.39, 0.29) is 6.79 Å². The van der Waals surface area contributed by atoms with Crippen LogP contribution in [0.4, 0.5) is 0 Å². The van der Waals surface area contributed by atoms with Crippen LogP contribution in [-0.2, 0) is 18.3 Å². The van der Waals surface area contributed by atoms with Crippen LogP contribution in [0.2, 0.25) is 0 Å². The molecule has 0 amide bonds. The summed E-state index contributed by atoms with van der Waals surface area (Å²) in [5.74, 6) is -0.262. The molecular weight excluding hydrogens is 260 g/mol.